The van der Waals surface area contributed by atoms with Crippen LogP contribution >= 0.6 is 0 Å². The average molecular weight is 346 g/mol. The standard InChI is InChI=1S/C23H22O3/c1-23(2,18-11-7-4-8-12-18)20-15-17(13-16-9-5-3-6-10-16)14-19(21(20)24)22(25)26/h3-12,14-15,24H,13H2,1-2H3,(H,25,26). The van der Waals surface area contributed by atoms with E-state index in [1.165, 1.54) is 0 Å². The summed E-state index contributed by atoms with van der Waals surface area (Å²) in [6.45, 7) is 3.99. The number of aromatic hydroxyl groups is 1. The average Bonchev–Trinajstić information content (AvgIpc) is 2.64. The summed E-state index contributed by atoms with van der Waals surface area (Å²) < 4.78 is 0. The van der Waals surface area contributed by atoms with Crippen molar-refractivity contribution in [1.82, 2.24) is 0 Å². The lowest BCUT2D eigenvalue weighted by atomic mass is 9.76. The fourth-order valence-electron chi connectivity index (χ4n) is 3.28. The first kappa shape index (κ1) is 17.7. The third kappa shape index (κ3) is 3.47. The van der Waals surface area contributed by atoms with Crippen molar-refractivity contribution >= 4 is 5.97 Å². The molecule has 0 aliphatic rings. The zero-order chi connectivity index (χ0) is 18.7. The first-order chi connectivity index (χ1) is 12.4. The molecule has 0 aliphatic carbocycles. The molecule has 0 bridgehead atoms. The molecule has 0 saturated heterocycles. The molecular weight excluding hydrogens is 324 g/mol. The summed E-state index contributed by atoms with van der Waals surface area (Å²) in [4.78, 5) is 11.7. The molecule has 3 heteroatoms. The van der Waals surface area contributed by atoms with Crippen LogP contribution in [0.5, 0.6) is 5.75 Å². The molecule has 3 aromatic carbocycles. The highest BCUT2D eigenvalue weighted by Crippen LogP contribution is 2.39. The molecule has 0 radical (unpaired) electrons. The molecule has 0 fully saturated rings. The normalized spacial score (nSPS) is 11.3. The number of carboxylic acids is 1. The Morgan fingerprint density at radius 3 is 2.04 bits per heavy atom. The van der Waals surface area contributed by atoms with Gasteiger partial charge in [-0.3, -0.25) is 0 Å². The van der Waals surface area contributed by atoms with Gasteiger partial charge < -0.3 is 10.2 Å². The highest BCUT2D eigenvalue weighted by Gasteiger charge is 2.29. The van der Waals surface area contributed by atoms with Crippen molar-refractivity contribution in [1.29, 1.82) is 0 Å². The number of hydrogen-bond donors (Lipinski definition) is 2. The van der Waals surface area contributed by atoms with Gasteiger partial charge in [-0.2, -0.15) is 0 Å². The van der Waals surface area contributed by atoms with Gasteiger partial charge in [0.05, 0.1) is 0 Å². The number of rotatable bonds is 5. The summed E-state index contributed by atoms with van der Waals surface area (Å²) in [5.74, 6) is -1.29. The topological polar surface area (TPSA) is 57.5 Å². The van der Waals surface area contributed by atoms with Crippen molar-refractivity contribution in [3.05, 3.63) is 101 Å². The summed E-state index contributed by atoms with van der Waals surface area (Å²) in [6, 6.07) is 23.2. The van der Waals surface area contributed by atoms with Crippen molar-refractivity contribution in [3.8, 4) is 5.75 Å². The minimum Gasteiger partial charge on any atom is -0.507 e. The molecule has 26 heavy (non-hydrogen) atoms. The molecule has 0 atom stereocenters. The third-order valence-corrected chi connectivity index (χ3v) is 4.82. The minimum absolute atomic E-state index is 0.0579. The van der Waals surface area contributed by atoms with E-state index in [9.17, 15) is 15.0 Å². The van der Waals surface area contributed by atoms with Gasteiger partial charge in [-0.15, -0.1) is 0 Å². The van der Waals surface area contributed by atoms with Crippen molar-refractivity contribution in [2.75, 3.05) is 0 Å². The van der Waals surface area contributed by atoms with E-state index < -0.39 is 11.4 Å². The van der Waals surface area contributed by atoms with E-state index in [-0.39, 0.29) is 11.3 Å². The van der Waals surface area contributed by atoms with E-state index in [0.717, 1.165) is 16.7 Å². The third-order valence-electron chi connectivity index (χ3n) is 4.82. The number of hydrogen-bond acceptors (Lipinski definition) is 2. The SMILES string of the molecule is CC(C)(c1ccccc1)c1cc(Cc2ccccc2)cc(C(=O)O)c1O. The fourth-order valence-corrected chi connectivity index (χ4v) is 3.28. The lowest BCUT2D eigenvalue weighted by Gasteiger charge is -2.28. The predicted molar refractivity (Wildman–Crippen MR) is 103 cm³/mol. The molecule has 2 N–H and O–H groups in total. The van der Waals surface area contributed by atoms with Crippen molar-refractivity contribution in [3.63, 3.8) is 0 Å². The van der Waals surface area contributed by atoms with Gasteiger partial charge in [0.1, 0.15) is 11.3 Å². The Hall–Kier alpha value is -3.07. The zero-order valence-electron chi connectivity index (χ0n) is 14.9. The molecule has 0 spiro atoms. The van der Waals surface area contributed by atoms with Crippen LogP contribution in [0.4, 0.5) is 0 Å². The van der Waals surface area contributed by atoms with Crippen LogP contribution in [0.1, 0.15) is 46.5 Å². The smallest absolute Gasteiger partial charge is 0.339 e. The molecule has 3 rings (SSSR count). The number of phenols is 1. The first-order valence-electron chi connectivity index (χ1n) is 8.58. The summed E-state index contributed by atoms with van der Waals surface area (Å²) in [6.07, 6.45) is 0.610. The molecule has 0 aromatic heterocycles. The van der Waals surface area contributed by atoms with E-state index in [2.05, 4.69) is 0 Å². The van der Waals surface area contributed by atoms with E-state index in [1.54, 1.807) is 6.07 Å². The second-order valence-corrected chi connectivity index (χ2v) is 7.00. The number of carbonyl (C=O) groups is 1. The largest absolute Gasteiger partial charge is 0.507 e. The molecule has 0 amide bonds. The molecule has 3 nitrogen and oxygen atoms in total. The second-order valence-electron chi connectivity index (χ2n) is 7.00. The maximum Gasteiger partial charge on any atom is 0.339 e. The predicted octanol–water partition coefficient (Wildman–Crippen LogP) is 5.01. The first-order valence-corrected chi connectivity index (χ1v) is 8.58. The summed E-state index contributed by atoms with van der Waals surface area (Å²) in [5.41, 5.74) is 3.02. The Bertz CT molecular complexity index is 913. The Kier molecular flexibility index (Phi) is 4.81. The molecule has 0 aliphatic heterocycles. The maximum absolute atomic E-state index is 11.7. The van der Waals surface area contributed by atoms with Crippen molar-refractivity contribution < 1.29 is 15.0 Å². The van der Waals surface area contributed by atoms with Gasteiger partial charge in [0.15, 0.2) is 0 Å². The monoisotopic (exact) mass is 346 g/mol. The minimum atomic E-state index is -1.12. The zero-order valence-corrected chi connectivity index (χ0v) is 14.9. The van der Waals surface area contributed by atoms with Crippen LogP contribution in [0.15, 0.2) is 72.8 Å². The van der Waals surface area contributed by atoms with Crippen molar-refractivity contribution in [2.24, 2.45) is 0 Å². The number of aromatic carboxylic acids is 1. The Morgan fingerprint density at radius 1 is 0.885 bits per heavy atom. The van der Waals surface area contributed by atoms with E-state index in [1.807, 2.05) is 80.6 Å². The Balaban J connectivity index is 2.13. The van der Waals surface area contributed by atoms with Gasteiger partial charge in [0.2, 0.25) is 0 Å². The Morgan fingerprint density at radius 2 is 1.46 bits per heavy atom. The molecule has 0 unspecified atom stereocenters. The van der Waals surface area contributed by atoms with Crippen molar-refractivity contribution in [2.45, 2.75) is 25.7 Å². The summed E-state index contributed by atoms with van der Waals surface area (Å²) >= 11 is 0. The lowest BCUT2D eigenvalue weighted by Crippen LogP contribution is -2.20. The van der Waals surface area contributed by atoms with Crippen LogP contribution in [-0.2, 0) is 11.8 Å². The number of carboxylic acid groups (broad SMARTS) is 1. The van der Waals surface area contributed by atoms with E-state index >= 15 is 0 Å². The van der Waals surface area contributed by atoms with Crippen LogP contribution in [0.3, 0.4) is 0 Å². The number of benzene rings is 3. The molecule has 0 saturated carbocycles. The lowest BCUT2D eigenvalue weighted by molar-refractivity contribution is 0.0693. The van der Waals surface area contributed by atoms with Crippen LogP contribution in [0.2, 0.25) is 0 Å². The van der Waals surface area contributed by atoms with Gasteiger partial charge in [0, 0.05) is 11.0 Å². The maximum atomic E-state index is 11.7. The molecule has 3 aromatic rings. The molecule has 0 heterocycles. The molecular formula is C23H22O3. The van der Waals surface area contributed by atoms with Crippen LogP contribution in [0, 0.1) is 0 Å². The van der Waals surface area contributed by atoms with Crippen LogP contribution in [0.25, 0.3) is 0 Å². The second kappa shape index (κ2) is 7.04. The van der Waals surface area contributed by atoms with Crippen LogP contribution < -0.4 is 0 Å². The highest BCUT2D eigenvalue weighted by atomic mass is 16.4. The van der Waals surface area contributed by atoms with Gasteiger partial charge >= 0.3 is 5.97 Å². The summed E-state index contributed by atoms with van der Waals surface area (Å²) in [7, 11) is 0. The van der Waals surface area contributed by atoms with Gasteiger partial charge in [0.25, 0.3) is 0 Å². The van der Waals surface area contributed by atoms with Gasteiger partial charge in [-0.25, -0.2) is 4.79 Å². The quantitative estimate of drug-likeness (QED) is 0.683. The fraction of sp³-hybridized carbons (Fsp3) is 0.174. The van der Waals surface area contributed by atoms with Gasteiger partial charge in [-0.1, -0.05) is 80.6 Å². The molecule has 132 valence electrons. The van der Waals surface area contributed by atoms with Crippen LogP contribution in [-0.4, -0.2) is 16.2 Å². The van der Waals surface area contributed by atoms with Gasteiger partial charge in [-0.05, 0) is 29.2 Å². The highest BCUT2D eigenvalue weighted by molar-refractivity contribution is 5.92. The van der Waals surface area contributed by atoms with E-state index in [0.29, 0.717) is 12.0 Å². The Labute approximate surface area is 153 Å². The summed E-state index contributed by atoms with van der Waals surface area (Å²) in [5, 5.41) is 20.2. The van der Waals surface area contributed by atoms with E-state index in [4.69, 9.17) is 0 Å².